The summed E-state index contributed by atoms with van der Waals surface area (Å²) in [6, 6.07) is 20.3. The maximum atomic E-state index is 4.90. The third-order valence-electron chi connectivity index (χ3n) is 6.40. The van der Waals surface area contributed by atoms with Crippen molar-refractivity contribution in [2.75, 3.05) is 0 Å². The average molecular weight is 440 g/mol. The lowest BCUT2D eigenvalue weighted by Gasteiger charge is -2.19. The van der Waals surface area contributed by atoms with Gasteiger partial charge in [-0.25, -0.2) is 0 Å². The van der Waals surface area contributed by atoms with Gasteiger partial charge in [-0.15, -0.1) is 11.3 Å². The number of benzene rings is 3. The highest BCUT2D eigenvalue weighted by Crippen LogP contribution is 2.41. The minimum Gasteiger partial charge on any atom is -0.255 e. The Morgan fingerprint density at radius 3 is 2.32 bits per heavy atom. The van der Waals surface area contributed by atoms with E-state index in [-0.39, 0.29) is 0 Å². The smallest absolute Gasteiger partial charge is 0.0880 e. The van der Waals surface area contributed by atoms with E-state index in [2.05, 4.69) is 95.0 Å². The summed E-state index contributed by atoms with van der Waals surface area (Å²) in [5.74, 6) is 0.466. The molecule has 0 saturated heterocycles. The van der Waals surface area contributed by atoms with Gasteiger partial charge in [-0.1, -0.05) is 75.1 Å². The molecule has 0 N–H and O–H groups in total. The van der Waals surface area contributed by atoms with Gasteiger partial charge in [0, 0.05) is 27.2 Å². The van der Waals surface area contributed by atoms with Gasteiger partial charge in [0.15, 0.2) is 0 Å². The minimum absolute atomic E-state index is 0.466. The molecule has 0 amide bonds. The van der Waals surface area contributed by atoms with E-state index < -0.39 is 8.07 Å². The number of fused-ring (bicyclic) bond motifs is 4. The molecule has 156 valence electrons. The van der Waals surface area contributed by atoms with Crippen molar-refractivity contribution in [1.82, 2.24) is 4.98 Å². The van der Waals surface area contributed by atoms with Crippen LogP contribution in [0.3, 0.4) is 0 Å². The zero-order valence-electron chi connectivity index (χ0n) is 19.2. The number of nitrogens with zero attached hydrogens (tertiary/aromatic N) is 1. The van der Waals surface area contributed by atoms with Gasteiger partial charge in [0.2, 0.25) is 0 Å². The number of aryl methyl sites for hydroxylation is 1. The number of aromatic nitrogens is 1. The molecule has 5 rings (SSSR count). The molecule has 0 bridgehead atoms. The van der Waals surface area contributed by atoms with Crippen LogP contribution in [0.4, 0.5) is 0 Å². The summed E-state index contributed by atoms with van der Waals surface area (Å²) in [6.45, 7) is 14.2. The van der Waals surface area contributed by atoms with Crippen LogP contribution in [0.2, 0.25) is 19.6 Å². The van der Waals surface area contributed by atoms with E-state index in [1.807, 2.05) is 17.5 Å². The van der Waals surface area contributed by atoms with Crippen LogP contribution < -0.4 is 5.19 Å². The maximum Gasteiger partial charge on any atom is 0.0880 e. The molecule has 0 unspecified atom stereocenters. The molecule has 2 heterocycles. The fourth-order valence-corrected chi connectivity index (χ4v) is 8.11. The Kier molecular flexibility index (Phi) is 4.80. The highest BCUT2D eigenvalue weighted by Gasteiger charge is 2.22. The van der Waals surface area contributed by atoms with Gasteiger partial charge < -0.3 is 0 Å². The molecular formula is C28H29NSSi. The first-order valence-corrected chi connectivity index (χ1v) is 15.4. The highest BCUT2D eigenvalue weighted by molar-refractivity contribution is 7.26. The van der Waals surface area contributed by atoms with Crippen molar-refractivity contribution in [2.45, 2.75) is 46.3 Å². The van der Waals surface area contributed by atoms with E-state index in [0.717, 1.165) is 5.69 Å². The second-order valence-electron chi connectivity index (χ2n) is 9.94. The SMILES string of the molecule is Cc1c([Si](C)(C)C)ccc2c1sc1c(-c3cc(C(C)C)c4ccccc4c3)nccc12. The lowest BCUT2D eigenvalue weighted by atomic mass is 9.92. The van der Waals surface area contributed by atoms with Crippen LogP contribution in [0, 0.1) is 6.92 Å². The molecule has 0 aliphatic rings. The topological polar surface area (TPSA) is 12.9 Å². The third kappa shape index (κ3) is 3.31. The number of hydrogen-bond acceptors (Lipinski definition) is 2. The minimum atomic E-state index is -1.38. The lowest BCUT2D eigenvalue weighted by molar-refractivity contribution is 0.876. The van der Waals surface area contributed by atoms with Crippen molar-refractivity contribution in [3.05, 3.63) is 71.9 Å². The third-order valence-corrected chi connectivity index (χ3v) is 9.91. The lowest BCUT2D eigenvalue weighted by Crippen LogP contribution is -2.39. The maximum absolute atomic E-state index is 4.90. The standard InChI is InChI=1S/C28H29NSSi/c1-17(2)24-16-20(15-19-9-7-8-10-21(19)24)26-28-23(13-14-29-26)22-11-12-25(31(4,5)6)18(3)27(22)30-28/h7-17H,1-6H3. The Morgan fingerprint density at radius 1 is 0.839 bits per heavy atom. The van der Waals surface area contributed by atoms with Crippen LogP contribution in [0.15, 0.2) is 60.8 Å². The molecule has 1 nitrogen and oxygen atoms in total. The van der Waals surface area contributed by atoms with Crippen molar-refractivity contribution in [2.24, 2.45) is 0 Å². The van der Waals surface area contributed by atoms with Crippen molar-refractivity contribution in [3.8, 4) is 11.3 Å². The number of rotatable bonds is 3. The van der Waals surface area contributed by atoms with E-state index in [9.17, 15) is 0 Å². The number of thiophene rings is 1. The second-order valence-corrected chi connectivity index (χ2v) is 16.0. The Balaban J connectivity index is 1.82. The van der Waals surface area contributed by atoms with E-state index in [1.54, 1.807) is 5.19 Å². The summed E-state index contributed by atoms with van der Waals surface area (Å²) in [4.78, 5) is 4.90. The van der Waals surface area contributed by atoms with Crippen LogP contribution >= 0.6 is 11.3 Å². The van der Waals surface area contributed by atoms with Crippen LogP contribution in [-0.4, -0.2) is 13.1 Å². The average Bonchev–Trinajstić information content (AvgIpc) is 3.12. The van der Waals surface area contributed by atoms with Crippen molar-refractivity contribution >= 4 is 55.5 Å². The number of pyridine rings is 1. The Morgan fingerprint density at radius 2 is 1.58 bits per heavy atom. The largest absolute Gasteiger partial charge is 0.255 e. The molecule has 5 aromatic rings. The summed E-state index contributed by atoms with van der Waals surface area (Å²) in [7, 11) is -1.38. The van der Waals surface area contributed by atoms with Crippen molar-refractivity contribution < 1.29 is 0 Å². The molecule has 0 fully saturated rings. The fourth-order valence-electron chi connectivity index (χ4n) is 4.87. The van der Waals surface area contributed by atoms with Crippen LogP contribution in [0.25, 0.3) is 42.2 Å². The molecule has 3 heteroatoms. The van der Waals surface area contributed by atoms with E-state index >= 15 is 0 Å². The fraction of sp³-hybridized carbons (Fsp3) is 0.250. The van der Waals surface area contributed by atoms with Gasteiger partial charge in [0.1, 0.15) is 0 Å². The van der Waals surface area contributed by atoms with Crippen LogP contribution in [0.1, 0.15) is 30.9 Å². The quantitative estimate of drug-likeness (QED) is 0.258. The second kappa shape index (κ2) is 7.28. The van der Waals surface area contributed by atoms with Crippen molar-refractivity contribution in [1.29, 1.82) is 0 Å². The first-order chi connectivity index (χ1) is 14.8. The molecular weight excluding hydrogens is 410 g/mol. The predicted octanol–water partition coefficient (Wildman–Crippen LogP) is 8.25. The normalized spacial score (nSPS) is 12.5. The summed E-state index contributed by atoms with van der Waals surface area (Å²) < 4.78 is 2.73. The predicted molar refractivity (Wildman–Crippen MR) is 142 cm³/mol. The van der Waals surface area contributed by atoms with E-state index in [1.165, 1.54) is 47.6 Å². The first kappa shape index (κ1) is 20.4. The van der Waals surface area contributed by atoms with Gasteiger partial charge in [-0.05, 0) is 52.9 Å². The number of hydrogen-bond donors (Lipinski definition) is 0. The highest BCUT2D eigenvalue weighted by atomic mass is 32.1. The molecule has 0 radical (unpaired) electrons. The monoisotopic (exact) mass is 439 g/mol. The van der Waals surface area contributed by atoms with Crippen LogP contribution in [-0.2, 0) is 0 Å². The van der Waals surface area contributed by atoms with Crippen LogP contribution in [0.5, 0.6) is 0 Å². The zero-order chi connectivity index (χ0) is 21.9. The molecule has 0 spiro atoms. The molecule has 0 aliphatic heterocycles. The summed E-state index contributed by atoms with van der Waals surface area (Å²) in [6.07, 6.45) is 1.98. The van der Waals surface area contributed by atoms with Gasteiger partial charge in [0.05, 0.1) is 18.5 Å². The first-order valence-electron chi connectivity index (χ1n) is 11.1. The molecule has 0 saturated carbocycles. The van der Waals surface area contributed by atoms with E-state index in [4.69, 9.17) is 4.98 Å². The Bertz CT molecular complexity index is 1450. The van der Waals surface area contributed by atoms with E-state index in [0.29, 0.717) is 5.92 Å². The Labute approximate surface area is 189 Å². The van der Waals surface area contributed by atoms with Gasteiger partial charge in [-0.3, -0.25) is 4.98 Å². The van der Waals surface area contributed by atoms with Gasteiger partial charge in [-0.2, -0.15) is 0 Å². The molecule has 0 atom stereocenters. The van der Waals surface area contributed by atoms with Gasteiger partial charge >= 0.3 is 0 Å². The summed E-state index contributed by atoms with van der Waals surface area (Å²) in [5, 5.41) is 6.90. The summed E-state index contributed by atoms with van der Waals surface area (Å²) >= 11 is 1.92. The summed E-state index contributed by atoms with van der Waals surface area (Å²) in [5.41, 5.74) is 5.19. The zero-order valence-corrected chi connectivity index (χ0v) is 21.0. The van der Waals surface area contributed by atoms with Crippen molar-refractivity contribution in [3.63, 3.8) is 0 Å². The molecule has 2 aromatic heterocycles. The Hall–Kier alpha value is -2.49. The van der Waals surface area contributed by atoms with Gasteiger partial charge in [0.25, 0.3) is 0 Å². The molecule has 3 aromatic carbocycles. The molecule has 31 heavy (non-hydrogen) atoms. The molecule has 0 aliphatic carbocycles.